The number of aromatic amines is 1. The second kappa shape index (κ2) is 8.78. The van der Waals surface area contributed by atoms with Gasteiger partial charge >= 0.3 is 26.2 Å². The molecule has 4 rings (SSSR count). The van der Waals surface area contributed by atoms with Crippen molar-refractivity contribution in [3.8, 4) is 11.3 Å². The van der Waals surface area contributed by atoms with Gasteiger partial charge in [-0.1, -0.05) is 18.2 Å². The van der Waals surface area contributed by atoms with E-state index in [1.807, 2.05) is 6.07 Å². The zero-order chi connectivity index (χ0) is 10.5. The summed E-state index contributed by atoms with van der Waals surface area (Å²) in [5.41, 5.74) is 6.58. The van der Waals surface area contributed by atoms with Gasteiger partial charge < -0.3 is 19.8 Å². The molecule has 0 unspecified atom stereocenters. The molecule has 1 aromatic heterocycles. The van der Waals surface area contributed by atoms with Crippen molar-refractivity contribution in [2.45, 2.75) is 6.42 Å². The second-order valence-electron chi connectivity index (χ2n) is 4.26. The van der Waals surface area contributed by atoms with Crippen LogP contribution in [0.5, 0.6) is 0 Å². The summed E-state index contributed by atoms with van der Waals surface area (Å²) in [6, 6.07) is 18.1. The molecule has 1 aliphatic carbocycles. The molecule has 0 spiro atoms. The minimum Gasteiger partial charge on any atom is -0.365 e. The van der Waals surface area contributed by atoms with Gasteiger partial charge in [0.2, 0.25) is 0 Å². The monoisotopic (exact) mass is 396 g/mol. The molecule has 2 aromatic carbocycles. The summed E-state index contributed by atoms with van der Waals surface area (Å²) in [6.45, 7) is 0. The van der Waals surface area contributed by atoms with Crippen LogP contribution in [0.25, 0.3) is 22.2 Å². The van der Waals surface area contributed by atoms with Crippen molar-refractivity contribution < 1.29 is 26.2 Å². The van der Waals surface area contributed by atoms with Crippen LogP contribution >= 0.6 is 24.8 Å². The average Bonchev–Trinajstić information content (AvgIpc) is 2.85. The van der Waals surface area contributed by atoms with E-state index in [-0.39, 0.29) is 65.9 Å². The van der Waals surface area contributed by atoms with Crippen molar-refractivity contribution in [3.05, 3.63) is 74.5 Å². The van der Waals surface area contributed by atoms with Gasteiger partial charge in [-0.2, -0.15) is 24.3 Å². The van der Waals surface area contributed by atoms with Crippen LogP contribution in [0.1, 0.15) is 11.1 Å². The molecule has 0 saturated heterocycles. The summed E-state index contributed by atoms with van der Waals surface area (Å²) in [7, 11) is 0. The SMILES string of the molecule is Cl.Cl.[CH3-].[CH3-].[Zr+3].[c-]1cccc2c1Cc1c-2[nH]c2ccccc12. The number of para-hydroxylation sites is 1. The number of fused-ring (bicyclic) bond motifs is 5. The fourth-order valence-corrected chi connectivity index (χ4v) is 2.64. The van der Waals surface area contributed by atoms with Crippen molar-refractivity contribution in [2.24, 2.45) is 0 Å². The summed E-state index contributed by atoms with van der Waals surface area (Å²) in [4.78, 5) is 3.51. The molecule has 1 aliphatic rings. The molecule has 0 aliphatic heterocycles. The number of nitrogens with one attached hydrogen (secondary N) is 1. The second-order valence-corrected chi connectivity index (χ2v) is 4.26. The van der Waals surface area contributed by atoms with Gasteiger partial charge in [0.1, 0.15) is 0 Å². The first-order chi connectivity index (χ1) is 7.93. The Balaban J connectivity index is 0. The molecular weight excluding hydrogens is 380 g/mol. The van der Waals surface area contributed by atoms with Crippen LogP contribution in [0.3, 0.4) is 0 Å². The van der Waals surface area contributed by atoms with Gasteiger partial charge in [-0.25, -0.2) is 0 Å². The number of halogens is 2. The first-order valence-electron chi connectivity index (χ1n) is 5.53. The van der Waals surface area contributed by atoms with Crippen LogP contribution in [0.15, 0.2) is 42.5 Å². The Morgan fingerprint density at radius 2 is 1.67 bits per heavy atom. The Hall–Kier alpha value is -0.557. The zero-order valence-corrected chi connectivity index (χ0v) is 16.2. The molecule has 109 valence electrons. The summed E-state index contributed by atoms with van der Waals surface area (Å²) in [5, 5.41) is 1.35. The summed E-state index contributed by atoms with van der Waals surface area (Å²) in [5.74, 6) is 0. The molecule has 3 aromatic rings. The molecule has 1 heterocycles. The minimum absolute atomic E-state index is 0. The normalized spacial score (nSPS) is 9.71. The molecule has 0 atom stereocenters. The van der Waals surface area contributed by atoms with Crippen LogP contribution in [-0.4, -0.2) is 4.98 Å². The molecule has 1 radical (unpaired) electrons. The Morgan fingerprint density at radius 3 is 2.43 bits per heavy atom. The third-order valence-corrected chi connectivity index (χ3v) is 3.38. The van der Waals surface area contributed by atoms with E-state index < -0.39 is 0 Å². The fraction of sp³-hybridized carbons (Fsp3) is 0.0588. The zero-order valence-electron chi connectivity index (χ0n) is 12.1. The standard InChI is InChI=1S/C15H10N.2CH3.2ClH.Zr/c1-2-6-11-10(5-1)9-13-12-7-3-4-8-14(12)16-15(11)13;;;;;/h1-4,6-8,16H,9H2;2*1H3;2*1H;/q3*-1;;;+3. The quantitative estimate of drug-likeness (QED) is 0.388. The number of hydrogen-bond acceptors (Lipinski definition) is 0. The third kappa shape index (κ3) is 3.44. The number of H-pyrrole nitrogens is 1. The van der Waals surface area contributed by atoms with Crippen LogP contribution < -0.4 is 0 Å². The summed E-state index contributed by atoms with van der Waals surface area (Å²) >= 11 is 0. The smallest absolute Gasteiger partial charge is 0.365 e. The van der Waals surface area contributed by atoms with Gasteiger partial charge in [0.25, 0.3) is 0 Å². The third-order valence-electron chi connectivity index (χ3n) is 3.38. The predicted octanol–water partition coefficient (Wildman–Crippen LogP) is 5.28. The maximum Gasteiger partial charge on any atom is 3.00 e. The number of hydrogen-bond donors (Lipinski definition) is 1. The first kappa shape index (κ1) is 22.7. The van der Waals surface area contributed by atoms with Crippen LogP contribution in [-0.2, 0) is 32.6 Å². The largest absolute Gasteiger partial charge is 3.00 e. The van der Waals surface area contributed by atoms with E-state index >= 15 is 0 Å². The number of rotatable bonds is 0. The maximum absolute atomic E-state index is 3.51. The fourth-order valence-electron chi connectivity index (χ4n) is 2.64. The predicted molar refractivity (Wildman–Crippen MR) is 92.7 cm³/mol. The Labute approximate surface area is 158 Å². The Kier molecular flexibility index (Phi) is 9.50. The minimum atomic E-state index is 0. The van der Waals surface area contributed by atoms with E-state index in [1.165, 1.54) is 33.3 Å². The van der Waals surface area contributed by atoms with Crippen molar-refractivity contribution in [3.63, 3.8) is 0 Å². The van der Waals surface area contributed by atoms with E-state index in [2.05, 4.69) is 47.4 Å². The Morgan fingerprint density at radius 1 is 0.952 bits per heavy atom. The van der Waals surface area contributed by atoms with E-state index in [4.69, 9.17) is 0 Å². The average molecular weight is 398 g/mol. The molecule has 4 heteroatoms. The van der Waals surface area contributed by atoms with Gasteiger partial charge in [-0.3, -0.25) is 0 Å². The summed E-state index contributed by atoms with van der Waals surface area (Å²) in [6.07, 6.45) is 1.01. The maximum atomic E-state index is 3.51. The van der Waals surface area contributed by atoms with E-state index in [1.54, 1.807) is 0 Å². The molecule has 1 N–H and O–H groups in total. The van der Waals surface area contributed by atoms with E-state index in [9.17, 15) is 0 Å². The van der Waals surface area contributed by atoms with Gasteiger partial charge in [-0.15, -0.1) is 35.9 Å². The molecular formula is C17H18Cl2NZr. The summed E-state index contributed by atoms with van der Waals surface area (Å²) < 4.78 is 0. The van der Waals surface area contributed by atoms with E-state index in [0.717, 1.165) is 6.42 Å². The van der Waals surface area contributed by atoms with E-state index in [0.29, 0.717) is 0 Å². The molecule has 0 amide bonds. The molecule has 0 saturated carbocycles. The van der Waals surface area contributed by atoms with Crippen LogP contribution in [0.4, 0.5) is 0 Å². The van der Waals surface area contributed by atoms with Gasteiger partial charge in [0.15, 0.2) is 0 Å². The van der Waals surface area contributed by atoms with Crippen molar-refractivity contribution in [1.29, 1.82) is 0 Å². The molecule has 0 bridgehead atoms. The first-order valence-corrected chi connectivity index (χ1v) is 5.53. The molecule has 0 fully saturated rings. The molecule has 21 heavy (non-hydrogen) atoms. The van der Waals surface area contributed by atoms with Crippen molar-refractivity contribution in [1.82, 2.24) is 4.98 Å². The molecule has 1 nitrogen and oxygen atoms in total. The van der Waals surface area contributed by atoms with Crippen LogP contribution in [0, 0.1) is 20.9 Å². The van der Waals surface area contributed by atoms with Gasteiger partial charge in [0, 0.05) is 10.9 Å². The van der Waals surface area contributed by atoms with Crippen molar-refractivity contribution >= 4 is 35.7 Å². The van der Waals surface area contributed by atoms with Gasteiger partial charge in [-0.05, 0) is 23.7 Å². The van der Waals surface area contributed by atoms with Crippen LogP contribution in [0.2, 0.25) is 0 Å². The number of aromatic nitrogens is 1. The Bertz CT molecular complexity index is 707. The van der Waals surface area contributed by atoms with Gasteiger partial charge in [0.05, 0.1) is 0 Å². The number of benzene rings is 2. The topological polar surface area (TPSA) is 15.8 Å². The van der Waals surface area contributed by atoms with Crippen molar-refractivity contribution in [2.75, 3.05) is 0 Å².